The predicted molar refractivity (Wildman–Crippen MR) is 139 cm³/mol. The number of aryl methyl sites for hydroxylation is 1. The van der Waals surface area contributed by atoms with Crippen LogP contribution in [0.1, 0.15) is 54.3 Å². The number of fused-ring (bicyclic) bond motifs is 1. The fraction of sp³-hybridized carbons (Fsp3) is 0.607. The summed E-state index contributed by atoms with van der Waals surface area (Å²) in [7, 11) is 3.37. The monoisotopic (exact) mass is 563 g/mol. The fourth-order valence-corrected chi connectivity index (χ4v) is 6.44. The third kappa shape index (κ3) is 5.54. The standard InChI is InChI=1S/C28H36F3N5O4/c1-17-10-20(34-22-6-9-40-16-25(22)39-3)12-27(17,13-24(37)23-4-7-33-35(23)2)26(38)36-8-5-21-18(15-36)11-19(14-32-21)28(29,30)31/h4,7,11,14,20,22,24-25,34,37H,1,5-6,8-10,12-13,15-16H2,2-3H3. The minimum atomic E-state index is -4.52. The van der Waals surface area contributed by atoms with Crippen LogP contribution in [0.2, 0.25) is 0 Å². The highest BCUT2D eigenvalue weighted by atomic mass is 19.4. The van der Waals surface area contributed by atoms with Gasteiger partial charge in [0.1, 0.15) is 0 Å². The normalized spacial score (nSPS) is 28.0. The first-order valence-electron chi connectivity index (χ1n) is 13.6. The summed E-state index contributed by atoms with van der Waals surface area (Å²) in [4.78, 5) is 20.0. The molecule has 1 saturated heterocycles. The number of aliphatic hydroxyl groups excluding tert-OH is 1. The molecule has 218 valence electrons. The highest BCUT2D eigenvalue weighted by Gasteiger charge is 2.52. The van der Waals surface area contributed by atoms with Gasteiger partial charge in [-0.25, -0.2) is 0 Å². The molecule has 4 heterocycles. The van der Waals surface area contributed by atoms with Crippen molar-refractivity contribution in [2.75, 3.05) is 26.9 Å². The third-order valence-electron chi connectivity index (χ3n) is 8.63. The summed E-state index contributed by atoms with van der Waals surface area (Å²) in [6.07, 6.45) is -1.06. The summed E-state index contributed by atoms with van der Waals surface area (Å²) in [5.74, 6) is -0.235. The molecule has 5 atom stereocenters. The van der Waals surface area contributed by atoms with Gasteiger partial charge in [0.15, 0.2) is 0 Å². The Kier molecular flexibility index (Phi) is 8.06. The van der Waals surface area contributed by atoms with Crippen molar-refractivity contribution in [2.45, 2.75) is 69.1 Å². The highest BCUT2D eigenvalue weighted by molar-refractivity contribution is 5.87. The summed E-state index contributed by atoms with van der Waals surface area (Å²) in [6.45, 7) is 5.74. The zero-order valence-corrected chi connectivity index (χ0v) is 22.8. The summed E-state index contributed by atoms with van der Waals surface area (Å²) in [6, 6.07) is 2.75. The molecule has 2 aromatic rings. The molecule has 0 aromatic carbocycles. The van der Waals surface area contributed by atoms with Crippen LogP contribution < -0.4 is 5.32 Å². The van der Waals surface area contributed by atoms with E-state index >= 15 is 0 Å². The molecule has 0 bridgehead atoms. The molecule has 0 spiro atoms. The van der Waals surface area contributed by atoms with Gasteiger partial charge >= 0.3 is 6.18 Å². The number of aliphatic hydroxyl groups is 1. The first-order chi connectivity index (χ1) is 19.0. The van der Waals surface area contributed by atoms with Crippen molar-refractivity contribution in [3.63, 3.8) is 0 Å². The van der Waals surface area contributed by atoms with E-state index in [0.717, 1.165) is 18.7 Å². The van der Waals surface area contributed by atoms with Gasteiger partial charge in [-0.3, -0.25) is 14.5 Å². The van der Waals surface area contributed by atoms with Gasteiger partial charge in [-0.1, -0.05) is 12.2 Å². The number of aromatic nitrogens is 3. The number of hydrogen-bond acceptors (Lipinski definition) is 7. The lowest BCUT2D eigenvalue weighted by Gasteiger charge is -2.39. The van der Waals surface area contributed by atoms with E-state index in [2.05, 4.69) is 22.0 Å². The number of nitrogens with one attached hydrogen (secondary N) is 1. The van der Waals surface area contributed by atoms with E-state index in [1.54, 1.807) is 36.0 Å². The Morgan fingerprint density at radius 3 is 2.92 bits per heavy atom. The first kappa shape index (κ1) is 28.7. The number of amides is 1. The van der Waals surface area contributed by atoms with Crippen LogP contribution in [0.4, 0.5) is 13.2 Å². The van der Waals surface area contributed by atoms with E-state index in [9.17, 15) is 23.1 Å². The van der Waals surface area contributed by atoms with Crippen molar-refractivity contribution in [3.05, 3.63) is 59.2 Å². The van der Waals surface area contributed by atoms with Gasteiger partial charge in [0.25, 0.3) is 0 Å². The molecule has 5 unspecified atom stereocenters. The van der Waals surface area contributed by atoms with Crippen molar-refractivity contribution >= 4 is 5.91 Å². The molecular formula is C28H36F3N5O4. The summed E-state index contributed by atoms with van der Waals surface area (Å²) in [5.41, 5.74) is 0.284. The largest absolute Gasteiger partial charge is 0.417 e. The van der Waals surface area contributed by atoms with Crippen LogP contribution in [0.3, 0.4) is 0 Å². The Morgan fingerprint density at radius 1 is 1.43 bits per heavy atom. The molecule has 3 aliphatic rings. The molecular weight excluding hydrogens is 527 g/mol. The smallest absolute Gasteiger partial charge is 0.387 e. The summed E-state index contributed by atoms with van der Waals surface area (Å²) >= 11 is 0. The SMILES string of the molecule is C=C1CC(NC2CCOCC2OC)CC1(CC(O)c1ccnn1C)C(=O)N1CCc2ncc(C(F)(F)F)cc2C1. The maximum atomic E-state index is 14.4. The summed E-state index contributed by atoms with van der Waals surface area (Å²) < 4.78 is 52.9. The Balaban J connectivity index is 1.42. The van der Waals surface area contributed by atoms with Gasteiger partial charge in [0, 0.05) is 70.4 Å². The molecule has 12 heteroatoms. The Bertz CT molecular complexity index is 1250. The highest BCUT2D eigenvalue weighted by Crippen LogP contribution is 2.50. The lowest BCUT2D eigenvalue weighted by atomic mass is 9.75. The molecule has 5 rings (SSSR count). The molecule has 0 radical (unpaired) electrons. The maximum absolute atomic E-state index is 14.4. The van der Waals surface area contributed by atoms with E-state index < -0.39 is 23.3 Å². The second-order valence-electron chi connectivity index (χ2n) is 11.1. The van der Waals surface area contributed by atoms with Gasteiger partial charge in [0.2, 0.25) is 5.91 Å². The number of alkyl halides is 3. The van der Waals surface area contributed by atoms with Gasteiger partial charge in [-0.05, 0) is 43.4 Å². The average Bonchev–Trinajstić information content (AvgIpc) is 3.50. The van der Waals surface area contributed by atoms with Crippen LogP contribution in [0, 0.1) is 5.41 Å². The zero-order chi connectivity index (χ0) is 28.7. The van der Waals surface area contributed by atoms with Crippen LogP contribution >= 0.6 is 0 Å². The quantitative estimate of drug-likeness (QED) is 0.500. The third-order valence-corrected chi connectivity index (χ3v) is 8.63. The zero-order valence-electron chi connectivity index (χ0n) is 22.8. The Morgan fingerprint density at radius 2 is 2.23 bits per heavy atom. The number of rotatable bonds is 7. The second-order valence-corrected chi connectivity index (χ2v) is 11.1. The molecule has 2 N–H and O–H groups in total. The van der Waals surface area contributed by atoms with Crippen LogP contribution in [0.15, 0.2) is 36.7 Å². The van der Waals surface area contributed by atoms with Crippen molar-refractivity contribution in [3.8, 4) is 0 Å². The molecule has 9 nitrogen and oxygen atoms in total. The van der Waals surface area contributed by atoms with Gasteiger partial charge < -0.3 is 24.8 Å². The van der Waals surface area contributed by atoms with E-state index in [1.807, 2.05) is 0 Å². The molecule has 2 fully saturated rings. The number of halogens is 3. The predicted octanol–water partition coefficient (Wildman–Crippen LogP) is 2.94. The number of pyridine rings is 1. The topological polar surface area (TPSA) is 102 Å². The molecule has 1 amide bonds. The maximum Gasteiger partial charge on any atom is 0.417 e. The lowest BCUT2D eigenvalue weighted by molar-refractivity contribution is -0.142. The lowest BCUT2D eigenvalue weighted by Crippen LogP contribution is -2.51. The van der Waals surface area contributed by atoms with Crippen molar-refractivity contribution in [2.24, 2.45) is 12.5 Å². The minimum absolute atomic E-state index is 0.0196. The molecule has 1 aliphatic carbocycles. The Hall–Kier alpha value is -2.80. The van der Waals surface area contributed by atoms with Crippen LogP contribution in [-0.2, 0) is 40.5 Å². The van der Waals surface area contributed by atoms with E-state index in [1.165, 1.54) is 0 Å². The summed E-state index contributed by atoms with van der Waals surface area (Å²) in [5, 5.41) is 19.1. The van der Waals surface area contributed by atoms with Gasteiger partial charge in [0.05, 0.1) is 35.5 Å². The molecule has 1 saturated carbocycles. The number of hydrogen-bond donors (Lipinski definition) is 2. The van der Waals surface area contributed by atoms with Gasteiger partial charge in [-0.2, -0.15) is 18.3 Å². The Labute approximate surface area is 231 Å². The number of carbonyl (C=O) groups excluding carboxylic acids is 1. The van der Waals surface area contributed by atoms with Crippen molar-refractivity contribution < 1.29 is 32.5 Å². The van der Waals surface area contributed by atoms with Crippen LogP contribution in [-0.4, -0.2) is 75.7 Å². The first-order valence-corrected chi connectivity index (χ1v) is 13.6. The van der Waals surface area contributed by atoms with Crippen molar-refractivity contribution in [1.82, 2.24) is 25.0 Å². The van der Waals surface area contributed by atoms with Crippen LogP contribution in [0.25, 0.3) is 0 Å². The minimum Gasteiger partial charge on any atom is -0.387 e. The number of carbonyl (C=O) groups is 1. The molecule has 40 heavy (non-hydrogen) atoms. The van der Waals surface area contributed by atoms with Gasteiger partial charge in [-0.15, -0.1) is 0 Å². The average molecular weight is 564 g/mol. The molecule has 2 aliphatic heterocycles. The number of ether oxygens (including phenoxy) is 2. The number of nitrogens with zero attached hydrogens (tertiary/aromatic N) is 4. The second kappa shape index (κ2) is 11.2. The van der Waals surface area contributed by atoms with E-state index in [4.69, 9.17) is 9.47 Å². The van der Waals surface area contributed by atoms with E-state index in [-0.39, 0.29) is 37.1 Å². The fourth-order valence-electron chi connectivity index (χ4n) is 6.44. The van der Waals surface area contributed by atoms with Crippen molar-refractivity contribution in [1.29, 1.82) is 0 Å². The molecule has 2 aromatic heterocycles. The van der Waals surface area contributed by atoms with E-state index in [0.29, 0.717) is 61.5 Å². The van der Waals surface area contributed by atoms with Crippen LogP contribution in [0.5, 0.6) is 0 Å². The number of methoxy groups -OCH3 is 1.